The van der Waals surface area contributed by atoms with Gasteiger partial charge in [-0.05, 0) is 53.4 Å². The summed E-state index contributed by atoms with van der Waals surface area (Å²) >= 11 is 0. The molecule has 1 atom stereocenters. The molecular formula is C32H30F3N3O4. The molecule has 10 heteroatoms. The van der Waals surface area contributed by atoms with Crippen LogP contribution in [0.4, 0.5) is 18.9 Å². The molecule has 4 aromatic rings. The Morgan fingerprint density at radius 2 is 1.60 bits per heavy atom. The molecule has 0 bridgehead atoms. The minimum absolute atomic E-state index is 0.0822. The molecule has 0 saturated carbocycles. The number of nitrogens with one attached hydrogen (secondary N) is 1. The molecular weight excluding hydrogens is 547 g/mol. The number of ether oxygens (including phenoxy) is 2. The van der Waals surface area contributed by atoms with E-state index >= 15 is 0 Å². The van der Waals surface area contributed by atoms with Crippen LogP contribution in [0.2, 0.25) is 0 Å². The number of aromatic nitrogens is 1. The van der Waals surface area contributed by atoms with Gasteiger partial charge in [-0.3, -0.25) is 14.6 Å². The first-order chi connectivity index (χ1) is 20.2. The van der Waals surface area contributed by atoms with Gasteiger partial charge in [0.15, 0.2) is 11.5 Å². The number of halogens is 3. The van der Waals surface area contributed by atoms with Gasteiger partial charge < -0.3 is 19.7 Å². The maximum Gasteiger partial charge on any atom is 0.416 e. The van der Waals surface area contributed by atoms with E-state index in [0.29, 0.717) is 28.3 Å². The Morgan fingerprint density at radius 1 is 0.881 bits per heavy atom. The highest BCUT2D eigenvalue weighted by Crippen LogP contribution is 2.34. The highest BCUT2D eigenvalue weighted by atomic mass is 19.4. The molecule has 1 unspecified atom stereocenters. The molecule has 0 aliphatic heterocycles. The summed E-state index contributed by atoms with van der Waals surface area (Å²) in [6.45, 7) is 0.254. The lowest BCUT2D eigenvalue weighted by molar-refractivity contribution is -0.137. The van der Waals surface area contributed by atoms with Crippen LogP contribution in [0.5, 0.6) is 11.5 Å². The van der Waals surface area contributed by atoms with E-state index in [-0.39, 0.29) is 19.5 Å². The molecule has 0 radical (unpaired) electrons. The normalized spacial score (nSPS) is 11.8. The Bertz CT molecular complexity index is 1480. The van der Waals surface area contributed by atoms with Crippen LogP contribution in [0.25, 0.3) is 0 Å². The molecule has 0 spiro atoms. The summed E-state index contributed by atoms with van der Waals surface area (Å²) in [7, 11) is 2.96. The van der Waals surface area contributed by atoms with E-state index in [1.807, 2.05) is 6.07 Å². The lowest BCUT2D eigenvalue weighted by Crippen LogP contribution is -2.43. The number of anilines is 1. The molecule has 218 valence electrons. The summed E-state index contributed by atoms with van der Waals surface area (Å²) in [5, 5.41) is 2.84. The Hall–Kier alpha value is -4.86. The molecule has 0 aliphatic rings. The second kappa shape index (κ2) is 13.7. The first-order valence-electron chi connectivity index (χ1n) is 13.1. The fourth-order valence-electron chi connectivity index (χ4n) is 4.46. The van der Waals surface area contributed by atoms with Crippen LogP contribution >= 0.6 is 0 Å². The van der Waals surface area contributed by atoms with Crippen molar-refractivity contribution >= 4 is 17.5 Å². The third-order valence-corrected chi connectivity index (χ3v) is 6.68. The number of carbonyl (C=O) groups is 2. The summed E-state index contributed by atoms with van der Waals surface area (Å²) in [5.41, 5.74) is 1.54. The molecule has 4 rings (SSSR count). The Kier molecular flexibility index (Phi) is 9.80. The van der Waals surface area contributed by atoms with Gasteiger partial charge in [0.05, 0.1) is 19.8 Å². The SMILES string of the molecule is COc1ccc(N(CCc2ccc(C(F)(F)F)cc2)C(=O)C(C(=O)NCc2cccnc2)c2ccccc2)cc1OC. The van der Waals surface area contributed by atoms with Crippen molar-refractivity contribution in [1.29, 1.82) is 0 Å². The van der Waals surface area contributed by atoms with Gasteiger partial charge in [-0.15, -0.1) is 0 Å². The lowest BCUT2D eigenvalue weighted by Gasteiger charge is -2.28. The first kappa shape index (κ1) is 30.1. The van der Waals surface area contributed by atoms with Crippen molar-refractivity contribution in [2.45, 2.75) is 25.1 Å². The lowest BCUT2D eigenvalue weighted by atomic mass is 9.95. The van der Waals surface area contributed by atoms with Gasteiger partial charge in [0, 0.05) is 37.2 Å². The largest absolute Gasteiger partial charge is 0.493 e. The number of hydrogen-bond acceptors (Lipinski definition) is 5. The van der Waals surface area contributed by atoms with Crippen molar-refractivity contribution in [3.63, 3.8) is 0 Å². The van der Waals surface area contributed by atoms with Crippen LogP contribution in [0.3, 0.4) is 0 Å². The van der Waals surface area contributed by atoms with Crippen LogP contribution in [-0.2, 0) is 28.7 Å². The van der Waals surface area contributed by atoms with E-state index in [0.717, 1.165) is 17.7 Å². The van der Waals surface area contributed by atoms with Gasteiger partial charge in [0.2, 0.25) is 11.8 Å². The summed E-state index contributed by atoms with van der Waals surface area (Å²) < 4.78 is 50.0. The number of benzene rings is 3. The van der Waals surface area contributed by atoms with E-state index in [1.54, 1.807) is 67.0 Å². The quantitative estimate of drug-likeness (QED) is 0.228. The highest BCUT2D eigenvalue weighted by Gasteiger charge is 2.34. The predicted molar refractivity (Wildman–Crippen MR) is 152 cm³/mol. The molecule has 1 aromatic heterocycles. The Labute approximate surface area is 241 Å². The summed E-state index contributed by atoms with van der Waals surface area (Å²) in [6, 6.07) is 22.0. The van der Waals surface area contributed by atoms with Crippen LogP contribution in [-0.4, -0.2) is 37.6 Å². The van der Waals surface area contributed by atoms with Crippen LogP contribution in [0, 0.1) is 0 Å². The van der Waals surface area contributed by atoms with Crippen molar-refractivity contribution in [3.05, 3.63) is 120 Å². The summed E-state index contributed by atoms with van der Waals surface area (Å²) in [6.07, 6.45) is -0.970. The van der Waals surface area contributed by atoms with Crippen LogP contribution < -0.4 is 19.7 Å². The zero-order valence-corrected chi connectivity index (χ0v) is 23.1. The molecule has 3 aromatic carbocycles. The second-order valence-corrected chi connectivity index (χ2v) is 9.40. The maximum absolute atomic E-state index is 14.3. The summed E-state index contributed by atoms with van der Waals surface area (Å²) in [5.74, 6) is -1.40. The smallest absolute Gasteiger partial charge is 0.416 e. The zero-order chi connectivity index (χ0) is 30.1. The van der Waals surface area contributed by atoms with Crippen LogP contribution in [0.1, 0.15) is 28.2 Å². The molecule has 7 nitrogen and oxygen atoms in total. The third kappa shape index (κ3) is 7.45. The van der Waals surface area contributed by atoms with Gasteiger partial charge in [-0.2, -0.15) is 13.2 Å². The topological polar surface area (TPSA) is 80.8 Å². The second-order valence-electron chi connectivity index (χ2n) is 9.40. The Morgan fingerprint density at radius 3 is 2.21 bits per heavy atom. The highest BCUT2D eigenvalue weighted by molar-refractivity contribution is 6.12. The number of amides is 2. The third-order valence-electron chi connectivity index (χ3n) is 6.68. The van der Waals surface area contributed by atoms with E-state index in [2.05, 4.69) is 10.3 Å². The van der Waals surface area contributed by atoms with E-state index in [1.165, 1.54) is 31.3 Å². The Balaban J connectivity index is 1.68. The average molecular weight is 578 g/mol. The number of hydrogen-bond donors (Lipinski definition) is 1. The van der Waals surface area contributed by atoms with Crippen LogP contribution in [0.15, 0.2) is 97.3 Å². The first-order valence-corrected chi connectivity index (χ1v) is 13.1. The molecule has 1 heterocycles. The van der Waals surface area contributed by atoms with E-state index in [9.17, 15) is 22.8 Å². The maximum atomic E-state index is 14.3. The van der Waals surface area contributed by atoms with Gasteiger partial charge in [-0.1, -0.05) is 48.5 Å². The van der Waals surface area contributed by atoms with Gasteiger partial charge in [0.25, 0.3) is 0 Å². The van der Waals surface area contributed by atoms with Crippen molar-refractivity contribution in [2.75, 3.05) is 25.7 Å². The van der Waals surface area contributed by atoms with Crippen molar-refractivity contribution < 1.29 is 32.2 Å². The zero-order valence-electron chi connectivity index (χ0n) is 23.1. The molecule has 42 heavy (non-hydrogen) atoms. The fraction of sp³-hybridized carbons (Fsp3) is 0.219. The summed E-state index contributed by atoms with van der Waals surface area (Å²) in [4.78, 5) is 33.4. The average Bonchev–Trinajstić information content (AvgIpc) is 3.01. The number of nitrogens with zero attached hydrogens (tertiary/aromatic N) is 2. The minimum Gasteiger partial charge on any atom is -0.493 e. The number of alkyl halides is 3. The monoisotopic (exact) mass is 577 g/mol. The number of rotatable bonds is 11. The van der Waals surface area contributed by atoms with Gasteiger partial charge in [-0.25, -0.2) is 0 Å². The minimum atomic E-state index is -4.45. The predicted octanol–water partition coefficient (Wildman–Crippen LogP) is 5.79. The number of carbonyl (C=O) groups excluding carboxylic acids is 2. The fourth-order valence-corrected chi connectivity index (χ4v) is 4.46. The number of pyridine rings is 1. The van der Waals surface area contributed by atoms with E-state index in [4.69, 9.17) is 9.47 Å². The molecule has 1 N–H and O–H groups in total. The molecule has 0 saturated heterocycles. The van der Waals surface area contributed by atoms with Gasteiger partial charge >= 0.3 is 6.18 Å². The van der Waals surface area contributed by atoms with E-state index < -0.39 is 29.5 Å². The standard InChI is InChI=1S/C32H30F3N3O4/c1-41-27-15-14-26(19-28(27)42-2)38(18-16-22-10-12-25(13-11-22)32(33,34)35)31(40)29(24-8-4-3-5-9-24)30(39)37-21-23-7-6-17-36-20-23/h3-15,17,19-20,29H,16,18,21H2,1-2H3,(H,37,39). The van der Waals surface area contributed by atoms with Crippen molar-refractivity contribution in [1.82, 2.24) is 10.3 Å². The number of methoxy groups -OCH3 is 2. The van der Waals surface area contributed by atoms with Gasteiger partial charge in [0.1, 0.15) is 5.92 Å². The molecule has 0 fully saturated rings. The molecule has 2 amide bonds. The van der Waals surface area contributed by atoms with Crippen molar-refractivity contribution in [3.8, 4) is 11.5 Å². The van der Waals surface area contributed by atoms with Crippen molar-refractivity contribution in [2.24, 2.45) is 0 Å². The molecule has 0 aliphatic carbocycles.